The Morgan fingerprint density at radius 1 is 1.23 bits per heavy atom. The molecule has 0 saturated carbocycles. The van der Waals surface area contributed by atoms with E-state index >= 15 is 0 Å². The summed E-state index contributed by atoms with van der Waals surface area (Å²) in [6.07, 6.45) is 6.74. The van der Waals surface area contributed by atoms with E-state index in [-0.39, 0.29) is 12.5 Å². The van der Waals surface area contributed by atoms with Gasteiger partial charge in [0.1, 0.15) is 6.54 Å². The van der Waals surface area contributed by atoms with E-state index in [1.807, 2.05) is 41.2 Å². The first-order valence-electron chi connectivity index (χ1n) is 6.73. The molecule has 1 N–H and O–H groups in total. The second kappa shape index (κ2) is 6.44. The summed E-state index contributed by atoms with van der Waals surface area (Å²) in [6.45, 7) is 0.779. The molecule has 0 fully saturated rings. The molecule has 0 saturated heterocycles. The molecule has 0 aliphatic rings. The minimum atomic E-state index is -0.156. The van der Waals surface area contributed by atoms with Crippen LogP contribution >= 0.6 is 11.6 Å². The van der Waals surface area contributed by atoms with Crippen molar-refractivity contribution in [3.05, 3.63) is 65.7 Å². The zero-order valence-corrected chi connectivity index (χ0v) is 12.4. The van der Waals surface area contributed by atoms with Gasteiger partial charge in [-0.3, -0.25) is 14.2 Å². The molecule has 1 amide bonds. The molecule has 112 valence electrons. The molecule has 2 aromatic heterocycles. The first-order chi connectivity index (χ1) is 10.7. The number of amides is 1. The van der Waals surface area contributed by atoms with Gasteiger partial charge in [0.15, 0.2) is 0 Å². The largest absolute Gasteiger partial charge is 0.324 e. The Hall–Kier alpha value is -2.60. The molecule has 22 heavy (non-hydrogen) atoms. The Balaban J connectivity index is 1.63. The highest BCUT2D eigenvalue weighted by Crippen LogP contribution is 2.12. The van der Waals surface area contributed by atoms with E-state index in [2.05, 4.69) is 15.5 Å². The van der Waals surface area contributed by atoms with Crippen LogP contribution in [-0.4, -0.2) is 25.5 Å². The number of benzene rings is 1. The topological polar surface area (TPSA) is 64.7 Å². The van der Waals surface area contributed by atoms with Gasteiger partial charge in [0.25, 0.3) is 0 Å². The highest BCUT2D eigenvalue weighted by atomic mass is 35.5. The number of aromatic nitrogens is 4. The van der Waals surface area contributed by atoms with Crippen molar-refractivity contribution in [2.45, 2.75) is 13.1 Å². The van der Waals surface area contributed by atoms with E-state index in [1.165, 1.54) is 10.9 Å². The number of anilines is 1. The first kappa shape index (κ1) is 14.3. The van der Waals surface area contributed by atoms with Crippen LogP contribution in [0.3, 0.4) is 0 Å². The molecule has 6 nitrogen and oxygen atoms in total. The van der Waals surface area contributed by atoms with E-state index in [0.29, 0.717) is 11.6 Å². The molecule has 0 spiro atoms. The minimum absolute atomic E-state index is 0.121. The summed E-state index contributed by atoms with van der Waals surface area (Å²) < 4.78 is 3.32. The second-order valence-corrected chi connectivity index (χ2v) is 5.24. The van der Waals surface area contributed by atoms with Crippen LogP contribution < -0.4 is 5.32 Å². The Morgan fingerprint density at radius 3 is 2.86 bits per heavy atom. The maximum absolute atomic E-state index is 12.0. The number of nitrogens with one attached hydrogen (secondary N) is 1. The SMILES string of the molecule is O=C(Cn1cc(Cl)cn1)Nc1cccc(Cn2cccn2)c1. The molecule has 3 rings (SSSR count). The molecule has 3 aromatic rings. The molecular formula is C15H14ClN5O. The predicted molar refractivity (Wildman–Crippen MR) is 83.6 cm³/mol. The highest BCUT2D eigenvalue weighted by molar-refractivity contribution is 6.30. The van der Waals surface area contributed by atoms with Crippen LogP contribution in [-0.2, 0) is 17.9 Å². The van der Waals surface area contributed by atoms with Crippen LogP contribution in [0.1, 0.15) is 5.56 Å². The van der Waals surface area contributed by atoms with Crippen LogP contribution in [0.25, 0.3) is 0 Å². The smallest absolute Gasteiger partial charge is 0.246 e. The third-order valence-corrected chi connectivity index (χ3v) is 3.22. The van der Waals surface area contributed by atoms with Crippen LogP contribution in [0.15, 0.2) is 55.1 Å². The van der Waals surface area contributed by atoms with Gasteiger partial charge in [0.05, 0.1) is 17.8 Å². The lowest BCUT2D eigenvalue weighted by molar-refractivity contribution is -0.116. The number of carbonyl (C=O) groups excluding carboxylic acids is 1. The second-order valence-electron chi connectivity index (χ2n) is 4.81. The molecule has 0 aliphatic heterocycles. The van der Waals surface area contributed by atoms with Gasteiger partial charge in [-0.15, -0.1) is 0 Å². The monoisotopic (exact) mass is 315 g/mol. The molecule has 0 radical (unpaired) electrons. The van der Waals surface area contributed by atoms with E-state index < -0.39 is 0 Å². The van der Waals surface area contributed by atoms with Crippen LogP contribution in [0.4, 0.5) is 5.69 Å². The van der Waals surface area contributed by atoms with Gasteiger partial charge >= 0.3 is 0 Å². The fourth-order valence-corrected chi connectivity index (χ4v) is 2.26. The lowest BCUT2D eigenvalue weighted by Gasteiger charge is -2.08. The van der Waals surface area contributed by atoms with E-state index in [4.69, 9.17) is 11.6 Å². The van der Waals surface area contributed by atoms with Gasteiger partial charge in [0, 0.05) is 24.3 Å². The van der Waals surface area contributed by atoms with Gasteiger partial charge < -0.3 is 5.32 Å². The summed E-state index contributed by atoms with van der Waals surface area (Å²) >= 11 is 5.77. The molecule has 0 unspecified atom stereocenters. The summed E-state index contributed by atoms with van der Waals surface area (Å²) in [5.41, 5.74) is 1.80. The molecule has 2 heterocycles. The fourth-order valence-electron chi connectivity index (χ4n) is 2.10. The molecule has 1 aromatic carbocycles. The third-order valence-electron chi connectivity index (χ3n) is 3.02. The average Bonchev–Trinajstić information content (AvgIpc) is 3.11. The van der Waals surface area contributed by atoms with Crippen molar-refractivity contribution in [3.8, 4) is 0 Å². The van der Waals surface area contributed by atoms with Crippen molar-refractivity contribution in [3.63, 3.8) is 0 Å². The number of halogens is 1. The summed E-state index contributed by atoms with van der Waals surface area (Å²) in [6, 6.07) is 9.54. The minimum Gasteiger partial charge on any atom is -0.324 e. The number of nitrogens with zero attached hydrogens (tertiary/aromatic N) is 4. The standard InChI is InChI=1S/C15H14ClN5O/c16-13-8-18-21(10-13)11-15(22)19-14-4-1-3-12(7-14)9-20-6-2-5-17-20/h1-8,10H,9,11H2,(H,19,22). The van der Waals surface area contributed by atoms with Gasteiger partial charge in [-0.2, -0.15) is 10.2 Å². The molecule has 0 bridgehead atoms. The van der Waals surface area contributed by atoms with E-state index in [1.54, 1.807) is 12.4 Å². The van der Waals surface area contributed by atoms with E-state index in [9.17, 15) is 4.79 Å². The van der Waals surface area contributed by atoms with E-state index in [0.717, 1.165) is 11.3 Å². The molecule has 0 aliphatic carbocycles. The highest BCUT2D eigenvalue weighted by Gasteiger charge is 2.05. The number of hydrogen-bond acceptors (Lipinski definition) is 3. The van der Waals surface area contributed by atoms with Gasteiger partial charge in [-0.05, 0) is 23.8 Å². The lowest BCUT2D eigenvalue weighted by atomic mass is 10.2. The predicted octanol–water partition coefficient (Wildman–Crippen LogP) is 2.42. The number of hydrogen-bond donors (Lipinski definition) is 1. The molecular weight excluding hydrogens is 302 g/mol. The van der Waals surface area contributed by atoms with Crippen molar-refractivity contribution in [1.82, 2.24) is 19.6 Å². The van der Waals surface area contributed by atoms with Crippen LogP contribution in [0.5, 0.6) is 0 Å². The number of rotatable bonds is 5. The molecule has 0 atom stereocenters. The summed E-state index contributed by atoms with van der Waals surface area (Å²) in [4.78, 5) is 12.0. The van der Waals surface area contributed by atoms with Crippen molar-refractivity contribution in [1.29, 1.82) is 0 Å². The Morgan fingerprint density at radius 2 is 2.14 bits per heavy atom. The zero-order chi connectivity index (χ0) is 15.4. The van der Waals surface area contributed by atoms with Crippen molar-refractivity contribution in [2.24, 2.45) is 0 Å². The lowest BCUT2D eigenvalue weighted by Crippen LogP contribution is -2.19. The van der Waals surface area contributed by atoms with Crippen molar-refractivity contribution >= 4 is 23.2 Å². The first-order valence-corrected chi connectivity index (χ1v) is 7.11. The van der Waals surface area contributed by atoms with Crippen molar-refractivity contribution in [2.75, 3.05) is 5.32 Å². The maximum atomic E-state index is 12.0. The van der Waals surface area contributed by atoms with Crippen molar-refractivity contribution < 1.29 is 4.79 Å². The van der Waals surface area contributed by atoms with Gasteiger partial charge in [-0.1, -0.05) is 23.7 Å². The van der Waals surface area contributed by atoms with Gasteiger partial charge in [0.2, 0.25) is 5.91 Å². The summed E-state index contributed by atoms with van der Waals surface area (Å²) in [5, 5.41) is 11.5. The Kier molecular flexibility index (Phi) is 4.20. The fraction of sp³-hybridized carbons (Fsp3) is 0.133. The summed E-state index contributed by atoms with van der Waals surface area (Å²) in [5.74, 6) is -0.156. The quantitative estimate of drug-likeness (QED) is 0.786. The number of carbonyl (C=O) groups is 1. The molecule has 7 heteroatoms. The summed E-state index contributed by atoms with van der Waals surface area (Å²) in [7, 11) is 0. The van der Waals surface area contributed by atoms with Crippen LogP contribution in [0.2, 0.25) is 5.02 Å². The third kappa shape index (κ3) is 3.73. The Bertz CT molecular complexity index is 766. The average molecular weight is 316 g/mol. The maximum Gasteiger partial charge on any atom is 0.246 e. The normalized spacial score (nSPS) is 10.6. The Labute approximate surface area is 132 Å². The van der Waals surface area contributed by atoms with Crippen LogP contribution in [0, 0.1) is 0 Å². The van der Waals surface area contributed by atoms with Gasteiger partial charge in [-0.25, -0.2) is 0 Å². The zero-order valence-electron chi connectivity index (χ0n) is 11.7.